The van der Waals surface area contributed by atoms with Gasteiger partial charge in [0.05, 0.1) is 17.3 Å². The van der Waals surface area contributed by atoms with Crippen LogP contribution in [0.15, 0.2) is 59.4 Å². The van der Waals surface area contributed by atoms with Crippen LogP contribution >= 0.6 is 0 Å². The lowest BCUT2D eigenvalue weighted by atomic mass is 9.97. The van der Waals surface area contributed by atoms with Crippen LogP contribution in [0.5, 0.6) is 5.75 Å². The highest BCUT2D eigenvalue weighted by atomic mass is 16.5. The van der Waals surface area contributed by atoms with Crippen LogP contribution in [-0.2, 0) is 5.41 Å². The third kappa shape index (κ3) is 2.61. The van der Waals surface area contributed by atoms with E-state index in [-0.39, 0.29) is 5.41 Å². The van der Waals surface area contributed by atoms with E-state index in [1.165, 1.54) is 0 Å². The average Bonchev–Trinajstić information content (AvgIpc) is 3.21. The lowest BCUT2D eigenvalue weighted by Crippen LogP contribution is -2.18. The van der Waals surface area contributed by atoms with Crippen molar-refractivity contribution in [1.82, 2.24) is 10.1 Å². The van der Waals surface area contributed by atoms with Gasteiger partial charge in [0.2, 0.25) is 0 Å². The van der Waals surface area contributed by atoms with Crippen LogP contribution in [0.4, 0.5) is 0 Å². The minimum atomic E-state index is -0.0655. The van der Waals surface area contributed by atoms with Crippen molar-refractivity contribution in [3.8, 4) is 16.9 Å². The molecular weight excluding hydrogens is 288 g/mol. The Labute approximate surface area is 135 Å². The van der Waals surface area contributed by atoms with E-state index in [1.807, 2.05) is 37.3 Å². The van der Waals surface area contributed by atoms with Crippen molar-refractivity contribution < 1.29 is 9.26 Å². The van der Waals surface area contributed by atoms with Gasteiger partial charge in [-0.05, 0) is 37.5 Å². The number of aromatic nitrogens is 2. The normalized spacial score (nSPS) is 15.3. The molecule has 1 fully saturated rings. The van der Waals surface area contributed by atoms with Crippen molar-refractivity contribution in [2.45, 2.75) is 25.2 Å². The third-order valence-electron chi connectivity index (χ3n) is 4.45. The largest absolute Gasteiger partial charge is 0.491 e. The highest BCUT2D eigenvalue weighted by Crippen LogP contribution is 2.51. The molecule has 0 saturated heterocycles. The molecule has 116 valence electrons. The summed E-state index contributed by atoms with van der Waals surface area (Å²) in [5.41, 5.74) is 3.04. The second-order valence-corrected chi connectivity index (χ2v) is 6.09. The molecule has 2 aromatic heterocycles. The molecule has 23 heavy (non-hydrogen) atoms. The molecule has 0 bridgehead atoms. The highest BCUT2D eigenvalue weighted by Gasteiger charge is 2.50. The molecule has 0 atom stereocenters. The number of nitrogens with zero attached hydrogens (tertiary/aromatic N) is 2. The predicted octanol–water partition coefficient (Wildman–Crippen LogP) is 4.16. The first-order valence-electron chi connectivity index (χ1n) is 7.83. The molecular formula is C19H18N2O2. The highest BCUT2D eigenvalue weighted by molar-refractivity contribution is 5.66. The summed E-state index contributed by atoms with van der Waals surface area (Å²) in [5, 5.41) is 4.03. The summed E-state index contributed by atoms with van der Waals surface area (Å²) in [4.78, 5) is 4.27. The zero-order valence-corrected chi connectivity index (χ0v) is 13.0. The second kappa shape index (κ2) is 5.54. The van der Waals surface area contributed by atoms with Crippen molar-refractivity contribution >= 4 is 0 Å². The standard InChI is InChI=1S/C19H18N2O2/c1-14-17(8-5-11-20-14)22-13-19(9-10-19)18-16(12-21-23-18)15-6-3-2-4-7-15/h2-8,11-12H,9-10,13H2,1H3. The molecule has 4 nitrogen and oxygen atoms in total. The number of benzene rings is 1. The van der Waals surface area contributed by atoms with E-state index in [4.69, 9.17) is 9.26 Å². The quantitative estimate of drug-likeness (QED) is 0.710. The van der Waals surface area contributed by atoms with Gasteiger partial charge in [-0.2, -0.15) is 0 Å². The summed E-state index contributed by atoms with van der Waals surface area (Å²) in [6.45, 7) is 2.55. The maximum atomic E-state index is 6.03. The van der Waals surface area contributed by atoms with Crippen LogP contribution < -0.4 is 4.74 Å². The maximum Gasteiger partial charge on any atom is 0.154 e. The van der Waals surface area contributed by atoms with E-state index in [0.29, 0.717) is 6.61 Å². The van der Waals surface area contributed by atoms with Gasteiger partial charge in [-0.3, -0.25) is 4.98 Å². The predicted molar refractivity (Wildman–Crippen MR) is 87.3 cm³/mol. The fraction of sp³-hybridized carbons (Fsp3) is 0.263. The van der Waals surface area contributed by atoms with Gasteiger partial charge in [-0.1, -0.05) is 35.5 Å². The number of aryl methyl sites for hydroxylation is 1. The minimum Gasteiger partial charge on any atom is -0.491 e. The summed E-state index contributed by atoms with van der Waals surface area (Å²) >= 11 is 0. The summed E-state index contributed by atoms with van der Waals surface area (Å²) < 4.78 is 11.6. The Morgan fingerprint density at radius 1 is 1.13 bits per heavy atom. The Bertz CT molecular complexity index is 807. The van der Waals surface area contributed by atoms with E-state index in [0.717, 1.165) is 41.2 Å². The summed E-state index contributed by atoms with van der Waals surface area (Å²) in [5.74, 6) is 1.77. The maximum absolute atomic E-state index is 6.03. The number of pyridine rings is 1. The number of rotatable bonds is 5. The fourth-order valence-electron chi connectivity index (χ4n) is 2.87. The molecule has 2 heterocycles. The lowest BCUT2D eigenvalue weighted by Gasteiger charge is -2.16. The second-order valence-electron chi connectivity index (χ2n) is 6.09. The first-order chi connectivity index (χ1) is 11.3. The van der Waals surface area contributed by atoms with Gasteiger partial charge in [-0.25, -0.2) is 0 Å². The van der Waals surface area contributed by atoms with Gasteiger partial charge in [0.1, 0.15) is 12.4 Å². The monoisotopic (exact) mass is 306 g/mol. The first-order valence-corrected chi connectivity index (χ1v) is 7.83. The number of ether oxygens (including phenoxy) is 1. The molecule has 0 spiro atoms. The Hall–Kier alpha value is -2.62. The average molecular weight is 306 g/mol. The smallest absolute Gasteiger partial charge is 0.154 e. The van der Waals surface area contributed by atoms with Gasteiger partial charge >= 0.3 is 0 Å². The van der Waals surface area contributed by atoms with Gasteiger partial charge in [-0.15, -0.1) is 0 Å². The van der Waals surface area contributed by atoms with Crippen molar-refractivity contribution in [3.05, 3.63) is 66.3 Å². The molecule has 4 heteroatoms. The topological polar surface area (TPSA) is 48.2 Å². The molecule has 0 radical (unpaired) electrons. The van der Waals surface area contributed by atoms with Crippen molar-refractivity contribution in [2.75, 3.05) is 6.61 Å². The van der Waals surface area contributed by atoms with Crippen LogP contribution in [-0.4, -0.2) is 16.7 Å². The summed E-state index contributed by atoms with van der Waals surface area (Å²) in [6.07, 6.45) is 5.70. The molecule has 0 N–H and O–H groups in total. The van der Waals surface area contributed by atoms with Crippen LogP contribution in [0.2, 0.25) is 0 Å². The third-order valence-corrected chi connectivity index (χ3v) is 4.45. The first kappa shape index (κ1) is 14.0. The van der Waals surface area contributed by atoms with Crippen LogP contribution in [0, 0.1) is 6.92 Å². The summed E-state index contributed by atoms with van der Waals surface area (Å²) in [7, 11) is 0. The van der Waals surface area contributed by atoms with E-state index < -0.39 is 0 Å². The number of hydrogen-bond acceptors (Lipinski definition) is 4. The molecule has 1 saturated carbocycles. The van der Waals surface area contributed by atoms with E-state index in [2.05, 4.69) is 22.3 Å². The molecule has 1 aromatic carbocycles. The molecule has 0 amide bonds. The molecule has 0 unspecified atom stereocenters. The SMILES string of the molecule is Cc1ncccc1OCC1(c2oncc2-c2ccccc2)CC1. The molecule has 4 rings (SSSR count). The minimum absolute atomic E-state index is 0.0655. The van der Waals surface area contributed by atoms with Crippen LogP contribution in [0.1, 0.15) is 24.3 Å². The van der Waals surface area contributed by atoms with Gasteiger partial charge < -0.3 is 9.26 Å². The Kier molecular flexibility index (Phi) is 3.37. The Morgan fingerprint density at radius 3 is 2.70 bits per heavy atom. The zero-order valence-electron chi connectivity index (χ0n) is 13.0. The van der Waals surface area contributed by atoms with Gasteiger partial charge in [0.25, 0.3) is 0 Å². The van der Waals surface area contributed by atoms with Gasteiger partial charge in [0.15, 0.2) is 5.76 Å². The van der Waals surface area contributed by atoms with Crippen molar-refractivity contribution in [1.29, 1.82) is 0 Å². The fourth-order valence-corrected chi connectivity index (χ4v) is 2.87. The van der Waals surface area contributed by atoms with Crippen molar-refractivity contribution in [2.24, 2.45) is 0 Å². The Morgan fingerprint density at radius 2 is 1.96 bits per heavy atom. The van der Waals surface area contributed by atoms with E-state index in [9.17, 15) is 0 Å². The van der Waals surface area contributed by atoms with Crippen LogP contribution in [0.25, 0.3) is 11.1 Å². The number of hydrogen-bond donors (Lipinski definition) is 0. The van der Waals surface area contributed by atoms with E-state index in [1.54, 1.807) is 12.4 Å². The molecule has 1 aliphatic carbocycles. The van der Waals surface area contributed by atoms with Gasteiger partial charge in [0, 0.05) is 11.8 Å². The van der Waals surface area contributed by atoms with E-state index >= 15 is 0 Å². The summed E-state index contributed by atoms with van der Waals surface area (Å²) in [6, 6.07) is 14.1. The Balaban J connectivity index is 1.59. The zero-order chi connectivity index (χ0) is 15.7. The lowest BCUT2D eigenvalue weighted by molar-refractivity contribution is 0.243. The molecule has 1 aliphatic rings. The van der Waals surface area contributed by atoms with Crippen LogP contribution in [0.3, 0.4) is 0 Å². The van der Waals surface area contributed by atoms with Crippen molar-refractivity contribution in [3.63, 3.8) is 0 Å². The molecule has 3 aromatic rings. The molecule has 0 aliphatic heterocycles.